The van der Waals surface area contributed by atoms with E-state index in [4.69, 9.17) is 5.73 Å². The number of hydrogen-bond donors (Lipinski definition) is 3. The molecule has 1 saturated heterocycles. The first-order valence-electron chi connectivity index (χ1n) is 10.3. The van der Waals surface area contributed by atoms with E-state index < -0.39 is 6.18 Å². The number of likely N-dealkylation sites (tertiary alicyclic amines) is 1. The SMILES string of the molecule is CC(F)(F)F.CN1CCC(CNC(=O)c2cccc(-c3ccc(C=O)s3)c2)(/C(N)=C/S)CC1. The smallest absolute Gasteiger partial charge is 0.386 e. The highest BCUT2D eigenvalue weighted by atomic mass is 32.1. The van der Waals surface area contributed by atoms with Gasteiger partial charge in [0.1, 0.15) is 0 Å². The first kappa shape index (κ1) is 26.9. The van der Waals surface area contributed by atoms with Crippen LogP contribution in [-0.2, 0) is 0 Å². The number of nitrogens with one attached hydrogen (secondary N) is 1. The molecular weight excluding hydrogens is 471 g/mol. The van der Waals surface area contributed by atoms with Crippen LogP contribution in [0, 0.1) is 5.41 Å². The molecule has 1 fully saturated rings. The minimum absolute atomic E-state index is 0.126. The number of thiol groups is 1. The number of piperidine rings is 1. The van der Waals surface area contributed by atoms with E-state index in [1.54, 1.807) is 17.5 Å². The van der Waals surface area contributed by atoms with Crippen LogP contribution in [0.25, 0.3) is 10.4 Å². The van der Waals surface area contributed by atoms with Gasteiger partial charge in [-0.25, -0.2) is 0 Å². The standard InChI is InChI=1S/C21H25N3O2S2.C2H3F3/c1-24-9-7-21(8-10-24,19(22)13-27)14-23-20(26)16-4-2-3-15(11-16)18-6-5-17(12-25)28-18;1-2(3,4)5/h2-6,11-13,27H,7-10,14,22H2,1H3,(H,23,26);1H3/b19-13-;. The maximum Gasteiger partial charge on any atom is 0.386 e. The summed E-state index contributed by atoms with van der Waals surface area (Å²) in [4.78, 5) is 27.6. The third kappa shape index (κ3) is 8.21. The summed E-state index contributed by atoms with van der Waals surface area (Å²) in [5.41, 5.74) is 8.24. The van der Waals surface area contributed by atoms with Crippen LogP contribution < -0.4 is 11.1 Å². The van der Waals surface area contributed by atoms with E-state index in [2.05, 4.69) is 29.9 Å². The van der Waals surface area contributed by atoms with Crippen molar-refractivity contribution in [2.24, 2.45) is 11.1 Å². The van der Waals surface area contributed by atoms with Gasteiger partial charge in [-0.15, -0.1) is 24.0 Å². The summed E-state index contributed by atoms with van der Waals surface area (Å²) < 4.78 is 31.1. The van der Waals surface area contributed by atoms with Crippen LogP contribution in [0.1, 0.15) is 39.8 Å². The van der Waals surface area contributed by atoms with E-state index in [9.17, 15) is 22.8 Å². The highest BCUT2D eigenvalue weighted by Crippen LogP contribution is 2.36. The van der Waals surface area contributed by atoms with E-state index in [-0.39, 0.29) is 18.2 Å². The number of nitrogens with two attached hydrogens (primary N) is 1. The molecule has 10 heteroatoms. The number of thiophene rings is 1. The van der Waals surface area contributed by atoms with Gasteiger partial charge < -0.3 is 16.0 Å². The lowest BCUT2D eigenvalue weighted by atomic mass is 9.76. The molecule has 2 heterocycles. The van der Waals surface area contributed by atoms with Gasteiger partial charge in [-0.05, 0) is 68.2 Å². The normalized spacial score (nSPS) is 16.5. The van der Waals surface area contributed by atoms with Crippen molar-refractivity contribution in [2.45, 2.75) is 25.9 Å². The van der Waals surface area contributed by atoms with E-state index in [1.165, 1.54) is 11.3 Å². The molecule has 5 nitrogen and oxygen atoms in total. The van der Waals surface area contributed by atoms with Gasteiger partial charge in [-0.2, -0.15) is 13.2 Å². The van der Waals surface area contributed by atoms with Crippen LogP contribution in [0.3, 0.4) is 0 Å². The van der Waals surface area contributed by atoms with Crippen molar-refractivity contribution in [1.29, 1.82) is 0 Å². The van der Waals surface area contributed by atoms with Gasteiger partial charge in [0.25, 0.3) is 5.91 Å². The van der Waals surface area contributed by atoms with Crippen LogP contribution in [0.2, 0.25) is 0 Å². The summed E-state index contributed by atoms with van der Waals surface area (Å²) in [5, 5.41) is 4.72. The Balaban J connectivity index is 0.000000696. The Morgan fingerprint density at radius 3 is 2.45 bits per heavy atom. The number of alkyl halides is 3. The first-order valence-corrected chi connectivity index (χ1v) is 11.6. The predicted octanol–water partition coefficient (Wildman–Crippen LogP) is 4.97. The number of nitrogens with zero attached hydrogens (tertiary/aromatic N) is 1. The fourth-order valence-corrected chi connectivity index (χ4v) is 4.58. The van der Waals surface area contributed by atoms with E-state index in [0.29, 0.717) is 17.0 Å². The number of benzene rings is 1. The number of carbonyl (C=O) groups is 2. The highest BCUT2D eigenvalue weighted by molar-refractivity contribution is 7.83. The molecule has 180 valence electrons. The molecule has 0 unspecified atom stereocenters. The average molecular weight is 500 g/mol. The maximum absolute atomic E-state index is 12.8. The average Bonchev–Trinajstić information content (AvgIpc) is 3.26. The van der Waals surface area contributed by atoms with Crippen molar-refractivity contribution in [1.82, 2.24) is 10.2 Å². The van der Waals surface area contributed by atoms with Crippen LogP contribution >= 0.6 is 24.0 Å². The van der Waals surface area contributed by atoms with Crippen molar-refractivity contribution in [2.75, 3.05) is 26.7 Å². The Morgan fingerprint density at radius 2 is 1.91 bits per heavy atom. The summed E-state index contributed by atoms with van der Waals surface area (Å²) in [6.07, 6.45) is -1.39. The lowest BCUT2D eigenvalue weighted by molar-refractivity contribution is -0.110. The molecule has 0 spiro atoms. The molecule has 1 aromatic carbocycles. The molecule has 2 aromatic rings. The van der Waals surface area contributed by atoms with Gasteiger partial charge in [0.2, 0.25) is 0 Å². The predicted molar refractivity (Wildman–Crippen MR) is 130 cm³/mol. The molecule has 0 aliphatic carbocycles. The lowest BCUT2D eigenvalue weighted by Gasteiger charge is -2.41. The van der Waals surface area contributed by atoms with Gasteiger partial charge in [0.05, 0.1) is 4.88 Å². The van der Waals surface area contributed by atoms with E-state index in [1.807, 2.05) is 24.3 Å². The third-order valence-corrected chi connectivity index (χ3v) is 6.77. The lowest BCUT2D eigenvalue weighted by Crippen LogP contribution is -2.47. The molecule has 33 heavy (non-hydrogen) atoms. The van der Waals surface area contributed by atoms with E-state index >= 15 is 0 Å². The number of halogens is 3. The first-order chi connectivity index (χ1) is 15.5. The second kappa shape index (κ2) is 11.7. The number of carbonyl (C=O) groups excluding carboxylic acids is 2. The number of amides is 1. The summed E-state index contributed by atoms with van der Waals surface area (Å²) in [6, 6.07) is 11.1. The Hall–Kier alpha value is -2.30. The zero-order valence-corrected chi connectivity index (χ0v) is 20.2. The summed E-state index contributed by atoms with van der Waals surface area (Å²) >= 11 is 5.66. The topological polar surface area (TPSA) is 75.4 Å². The second-order valence-electron chi connectivity index (χ2n) is 8.03. The van der Waals surface area contributed by atoms with Crippen molar-refractivity contribution in [3.05, 3.63) is 57.9 Å². The van der Waals surface area contributed by atoms with Gasteiger partial charge >= 0.3 is 6.18 Å². The monoisotopic (exact) mass is 499 g/mol. The molecule has 3 rings (SSSR count). The molecular formula is C23H28F3N3O2S2. The summed E-state index contributed by atoms with van der Waals surface area (Å²) in [5.74, 6) is -0.126. The van der Waals surface area contributed by atoms with Crippen LogP contribution in [0.4, 0.5) is 13.2 Å². The number of aldehydes is 1. The van der Waals surface area contributed by atoms with Crippen LogP contribution in [0.15, 0.2) is 47.5 Å². The van der Waals surface area contributed by atoms with E-state index in [0.717, 1.165) is 48.4 Å². The third-order valence-electron chi connectivity index (χ3n) is 5.44. The zero-order valence-electron chi connectivity index (χ0n) is 18.5. The molecule has 0 saturated carbocycles. The van der Waals surface area contributed by atoms with Gasteiger partial charge in [-0.1, -0.05) is 12.1 Å². The molecule has 1 aromatic heterocycles. The van der Waals surface area contributed by atoms with Crippen LogP contribution in [0.5, 0.6) is 0 Å². The van der Waals surface area contributed by atoms with Gasteiger partial charge in [-0.3, -0.25) is 9.59 Å². The summed E-state index contributed by atoms with van der Waals surface area (Å²) in [6.45, 7) is 2.55. The fourth-order valence-electron chi connectivity index (χ4n) is 3.49. The van der Waals surface area contributed by atoms with Crippen LogP contribution in [-0.4, -0.2) is 50.0 Å². The maximum atomic E-state index is 12.8. The molecule has 0 radical (unpaired) electrons. The largest absolute Gasteiger partial charge is 0.401 e. The van der Waals surface area contributed by atoms with Gasteiger partial charge in [0.15, 0.2) is 6.29 Å². The molecule has 0 atom stereocenters. The summed E-state index contributed by atoms with van der Waals surface area (Å²) in [7, 11) is 2.09. The molecule has 1 aliphatic heterocycles. The molecule has 3 N–H and O–H groups in total. The molecule has 1 aliphatic rings. The fraction of sp³-hybridized carbons (Fsp3) is 0.391. The Kier molecular flexibility index (Phi) is 9.57. The Bertz CT molecular complexity index is 975. The zero-order chi connectivity index (χ0) is 24.6. The van der Waals surface area contributed by atoms with Crippen molar-refractivity contribution in [3.63, 3.8) is 0 Å². The minimum atomic E-state index is -4.00. The molecule has 1 amide bonds. The number of hydrogen-bond acceptors (Lipinski definition) is 6. The Labute approximate surface area is 201 Å². The van der Waals surface area contributed by atoms with Gasteiger partial charge in [0, 0.05) is 35.0 Å². The Morgan fingerprint density at radius 1 is 1.27 bits per heavy atom. The van der Waals surface area contributed by atoms with Crippen molar-refractivity contribution < 1.29 is 22.8 Å². The molecule has 0 bridgehead atoms. The minimum Gasteiger partial charge on any atom is -0.401 e. The second-order valence-corrected chi connectivity index (χ2v) is 9.41. The van der Waals surface area contributed by atoms with Crippen molar-refractivity contribution in [3.8, 4) is 10.4 Å². The van der Waals surface area contributed by atoms with Crippen molar-refractivity contribution >= 4 is 36.2 Å². The highest BCUT2D eigenvalue weighted by Gasteiger charge is 2.36. The quantitative estimate of drug-likeness (QED) is 0.388. The number of rotatable bonds is 6.